The summed E-state index contributed by atoms with van der Waals surface area (Å²) < 4.78 is 27.2. The molecule has 1 aliphatic carbocycles. The molecule has 2 aromatic rings. The number of benzene rings is 1. The van der Waals surface area contributed by atoms with E-state index in [1.54, 1.807) is 4.68 Å². The molecular formula is C23H31FN4O4. The molecule has 1 saturated carbocycles. The van der Waals surface area contributed by atoms with Crippen molar-refractivity contribution in [3.63, 3.8) is 0 Å². The van der Waals surface area contributed by atoms with Gasteiger partial charge in [0.1, 0.15) is 22.5 Å². The highest BCUT2D eigenvalue weighted by Gasteiger charge is 2.42. The van der Waals surface area contributed by atoms with Gasteiger partial charge in [-0.25, -0.2) is 14.0 Å². The summed E-state index contributed by atoms with van der Waals surface area (Å²) in [7, 11) is 1.23. The first-order valence-electron chi connectivity index (χ1n) is 11.2. The predicted octanol–water partition coefficient (Wildman–Crippen LogP) is 3.96. The third-order valence-electron chi connectivity index (χ3n) is 5.93. The molecule has 0 spiro atoms. The van der Waals surface area contributed by atoms with Crippen LogP contribution in [0.2, 0.25) is 0 Å². The van der Waals surface area contributed by atoms with Crippen LogP contribution in [0.1, 0.15) is 57.3 Å². The zero-order valence-electron chi connectivity index (χ0n) is 19.4. The van der Waals surface area contributed by atoms with Gasteiger partial charge in [0.05, 0.1) is 18.8 Å². The number of amides is 1. The van der Waals surface area contributed by atoms with Gasteiger partial charge in [0.25, 0.3) is 0 Å². The first-order chi connectivity index (χ1) is 15.1. The van der Waals surface area contributed by atoms with Crippen molar-refractivity contribution in [3.8, 4) is 0 Å². The van der Waals surface area contributed by atoms with Gasteiger partial charge in [-0.2, -0.15) is 5.10 Å². The predicted molar refractivity (Wildman–Crippen MR) is 118 cm³/mol. The maximum atomic E-state index is 15.0. The van der Waals surface area contributed by atoms with E-state index in [0.717, 1.165) is 19.3 Å². The van der Waals surface area contributed by atoms with Crippen LogP contribution in [0.15, 0.2) is 12.3 Å². The number of methoxy groups -OCH3 is 1. The van der Waals surface area contributed by atoms with Gasteiger partial charge in [-0.1, -0.05) is 0 Å². The van der Waals surface area contributed by atoms with Crippen molar-refractivity contribution in [1.82, 2.24) is 14.7 Å². The van der Waals surface area contributed by atoms with Crippen LogP contribution in [0.25, 0.3) is 10.9 Å². The fraction of sp³-hybridized carbons (Fsp3) is 0.609. The SMILES string of the molecule is CCn1cc2c(N3CCC(N(C(=O)OC(C)(C)C)C4CC4)C3)cc(F)c(C(=O)OC)c2n1. The topological polar surface area (TPSA) is 76.9 Å². The highest BCUT2D eigenvalue weighted by molar-refractivity contribution is 6.07. The molecule has 32 heavy (non-hydrogen) atoms. The van der Waals surface area contributed by atoms with Gasteiger partial charge in [0, 0.05) is 37.3 Å². The smallest absolute Gasteiger partial charge is 0.410 e. The molecule has 0 radical (unpaired) electrons. The lowest BCUT2D eigenvalue weighted by molar-refractivity contribution is 0.0158. The van der Waals surface area contributed by atoms with Gasteiger partial charge in [-0.3, -0.25) is 4.68 Å². The molecule has 1 aliphatic heterocycles. The number of carbonyl (C=O) groups excluding carboxylic acids is 2. The van der Waals surface area contributed by atoms with E-state index in [0.29, 0.717) is 36.2 Å². The summed E-state index contributed by atoms with van der Waals surface area (Å²) in [5.74, 6) is -1.40. The van der Waals surface area contributed by atoms with E-state index in [9.17, 15) is 9.59 Å². The minimum absolute atomic E-state index is 0.0167. The second-order valence-electron chi connectivity index (χ2n) is 9.50. The molecule has 2 aliphatic rings. The summed E-state index contributed by atoms with van der Waals surface area (Å²) in [6, 6.07) is 1.57. The highest BCUT2D eigenvalue weighted by atomic mass is 19.1. The number of aryl methyl sites for hydroxylation is 1. The second kappa shape index (κ2) is 8.26. The van der Waals surface area contributed by atoms with Crippen LogP contribution in [-0.2, 0) is 16.0 Å². The van der Waals surface area contributed by atoms with Crippen LogP contribution < -0.4 is 4.90 Å². The number of carbonyl (C=O) groups is 2. The first kappa shape index (κ1) is 22.4. The van der Waals surface area contributed by atoms with Gasteiger partial charge < -0.3 is 19.3 Å². The summed E-state index contributed by atoms with van der Waals surface area (Å²) >= 11 is 0. The number of aromatic nitrogens is 2. The van der Waals surface area contributed by atoms with E-state index in [4.69, 9.17) is 9.47 Å². The first-order valence-corrected chi connectivity index (χ1v) is 11.2. The molecule has 4 rings (SSSR count). The number of halogens is 1. The molecule has 1 saturated heterocycles. The molecule has 1 amide bonds. The Morgan fingerprint density at radius 1 is 1.25 bits per heavy atom. The standard InChI is InChI=1S/C23H31FN4O4/c1-6-27-13-16-18(11-17(24)19(20(16)25-27)21(29)31-5)26-10-9-15(12-26)28(14-7-8-14)22(30)32-23(2,3)4/h11,13-15H,6-10,12H2,1-5H3. The molecule has 0 N–H and O–H groups in total. The van der Waals surface area contributed by atoms with E-state index in [1.807, 2.05) is 38.8 Å². The number of fused-ring (bicyclic) bond motifs is 1. The number of nitrogens with zero attached hydrogens (tertiary/aromatic N) is 4. The molecule has 0 bridgehead atoms. The van der Waals surface area contributed by atoms with Crippen molar-refractivity contribution in [3.05, 3.63) is 23.6 Å². The zero-order chi connectivity index (χ0) is 23.2. The maximum absolute atomic E-state index is 15.0. The lowest BCUT2D eigenvalue weighted by atomic mass is 10.1. The number of rotatable bonds is 5. The van der Waals surface area contributed by atoms with Crippen LogP contribution in [0.4, 0.5) is 14.9 Å². The summed E-state index contributed by atoms with van der Waals surface area (Å²) in [5.41, 5.74) is 0.259. The lowest BCUT2D eigenvalue weighted by Gasteiger charge is -2.32. The van der Waals surface area contributed by atoms with E-state index < -0.39 is 17.4 Å². The zero-order valence-corrected chi connectivity index (χ0v) is 19.4. The van der Waals surface area contributed by atoms with Crippen LogP contribution in [0, 0.1) is 5.82 Å². The van der Waals surface area contributed by atoms with Crippen molar-refractivity contribution >= 4 is 28.7 Å². The largest absolute Gasteiger partial charge is 0.465 e. The molecule has 1 aromatic heterocycles. The van der Waals surface area contributed by atoms with Gasteiger partial charge in [0.2, 0.25) is 0 Å². The molecule has 9 heteroatoms. The third-order valence-corrected chi connectivity index (χ3v) is 5.93. The number of anilines is 1. The molecular weight excluding hydrogens is 415 g/mol. The summed E-state index contributed by atoms with van der Waals surface area (Å²) in [6.07, 6.45) is 4.26. The minimum atomic E-state index is -0.746. The number of ether oxygens (including phenoxy) is 2. The van der Waals surface area contributed by atoms with Crippen LogP contribution in [0.3, 0.4) is 0 Å². The van der Waals surface area contributed by atoms with Gasteiger partial charge in [-0.05, 0) is 53.0 Å². The molecule has 2 fully saturated rings. The number of esters is 1. The Bertz CT molecular complexity index is 1040. The molecule has 174 valence electrons. The van der Waals surface area contributed by atoms with Crippen molar-refractivity contribution < 1.29 is 23.5 Å². The van der Waals surface area contributed by atoms with Gasteiger partial charge in [0.15, 0.2) is 0 Å². The molecule has 1 unspecified atom stereocenters. The molecule has 1 atom stereocenters. The quantitative estimate of drug-likeness (QED) is 0.647. The molecule has 2 heterocycles. The maximum Gasteiger partial charge on any atom is 0.410 e. The highest BCUT2D eigenvalue weighted by Crippen LogP contribution is 2.37. The average Bonchev–Trinajstić information content (AvgIpc) is 3.26. The van der Waals surface area contributed by atoms with E-state index >= 15 is 4.39 Å². The molecule has 8 nitrogen and oxygen atoms in total. The van der Waals surface area contributed by atoms with Crippen LogP contribution in [-0.4, -0.2) is 64.6 Å². The fourth-order valence-electron chi connectivity index (χ4n) is 4.35. The Kier molecular flexibility index (Phi) is 5.77. The average molecular weight is 447 g/mol. The van der Waals surface area contributed by atoms with E-state index in [-0.39, 0.29) is 23.7 Å². The van der Waals surface area contributed by atoms with Crippen molar-refractivity contribution in [2.45, 2.75) is 71.2 Å². The number of hydrogen-bond donors (Lipinski definition) is 0. The summed E-state index contributed by atoms with van der Waals surface area (Å²) in [4.78, 5) is 29.0. The molecule has 1 aromatic carbocycles. The number of hydrogen-bond acceptors (Lipinski definition) is 6. The van der Waals surface area contributed by atoms with E-state index in [1.165, 1.54) is 13.2 Å². The van der Waals surface area contributed by atoms with Crippen LogP contribution >= 0.6 is 0 Å². The summed E-state index contributed by atoms with van der Waals surface area (Å²) in [6.45, 7) is 9.35. The lowest BCUT2D eigenvalue weighted by Crippen LogP contribution is -2.46. The third kappa shape index (κ3) is 4.25. The normalized spacial score (nSPS) is 18.8. The van der Waals surface area contributed by atoms with Gasteiger partial charge in [-0.15, -0.1) is 0 Å². The fourth-order valence-corrected chi connectivity index (χ4v) is 4.35. The minimum Gasteiger partial charge on any atom is -0.465 e. The second-order valence-corrected chi connectivity index (χ2v) is 9.50. The Morgan fingerprint density at radius 2 is 1.97 bits per heavy atom. The van der Waals surface area contributed by atoms with E-state index in [2.05, 4.69) is 10.00 Å². The van der Waals surface area contributed by atoms with Crippen molar-refractivity contribution in [2.24, 2.45) is 0 Å². The van der Waals surface area contributed by atoms with Crippen LogP contribution in [0.5, 0.6) is 0 Å². The van der Waals surface area contributed by atoms with Crippen molar-refractivity contribution in [1.29, 1.82) is 0 Å². The monoisotopic (exact) mass is 446 g/mol. The Labute approximate surface area is 187 Å². The Balaban J connectivity index is 1.65. The Hall–Kier alpha value is -2.84. The Morgan fingerprint density at radius 3 is 2.56 bits per heavy atom. The van der Waals surface area contributed by atoms with Crippen molar-refractivity contribution in [2.75, 3.05) is 25.1 Å². The van der Waals surface area contributed by atoms with Gasteiger partial charge >= 0.3 is 12.1 Å². The summed E-state index contributed by atoms with van der Waals surface area (Å²) in [5, 5.41) is 5.12.